The van der Waals surface area contributed by atoms with Gasteiger partial charge < -0.3 is 10.6 Å². The van der Waals surface area contributed by atoms with E-state index in [0.29, 0.717) is 22.5 Å². The summed E-state index contributed by atoms with van der Waals surface area (Å²) < 4.78 is 6.93. The second-order valence-corrected chi connectivity index (χ2v) is 4.87. The Balaban J connectivity index is 2.12. The van der Waals surface area contributed by atoms with Crippen molar-refractivity contribution in [3.8, 4) is 5.75 Å². The molecule has 0 fully saturated rings. The molecule has 96 valence electrons. The van der Waals surface area contributed by atoms with Crippen molar-refractivity contribution in [2.75, 3.05) is 12.4 Å². The van der Waals surface area contributed by atoms with Crippen LogP contribution in [-0.4, -0.2) is 21.5 Å². The lowest BCUT2D eigenvalue weighted by atomic mass is 10.2. The van der Waals surface area contributed by atoms with Crippen LogP contribution >= 0.6 is 23.4 Å². The Morgan fingerprint density at radius 3 is 3.00 bits per heavy atom. The van der Waals surface area contributed by atoms with Crippen LogP contribution in [0.25, 0.3) is 0 Å². The molecule has 2 rings (SSSR count). The summed E-state index contributed by atoms with van der Waals surface area (Å²) in [6.07, 6.45) is 1.46. The second-order valence-electron chi connectivity index (χ2n) is 3.49. The van der Waals surface area contributed by atoms with E-state index in [9.17, 15) is 0 Å². The van der Waals surface area contributed by atoms with Crippen LogP contribution in [0.2, 0.25) is 5.02 Å². The van der Waals surface area contributed by atoms with Crippen LogP contribution < -0.4 is 10.6 Å². The smallest absolute Gasteiger partial charge is 0.209 e. The Kier molecular flexibility index (Phi) is 4.33. The number of nitrogens with two attached hydrogens (primary N) is 1. The van der Waals surface area contributed by atoms with Gasteiger partial charge in [-0.2, -0.15) is 0 Å². The highest BCUT2D eigenvalue weighted by molar-refractivity contribution is 7.98. The minimum absolute atomic E-state index is 0.617. The van der Waals surface area contributed by atoms with Gasteiger partial charge in [-0.15, -0.1) is 10.2 Å². The molecule has 1 aromatic heterocycles. The fourth-order valence-corrected chi connectivity index (χ4v) is 2.44. The van der Waals surface area contributed by atoms with Crippen molar-refractivity contribution in [1.29, 1.82) is 0 Å². The van der Waals surface area contributed by atoms with Crippen molar-refractivity contribution in [1.82, 2.24) is 14.9 Å². The van der Waals surface area contributed by atoms with E-state index in [4.69, 9.17) is 22.2 Å². The van der Waals surface area contributed by atoms with Gasteiger partial charge in [0.25, 0.3) is 0 Å². The topological polar surface area (TPSA) is 66.0 Å². The normalized spacial score (nSPS) is 10.6. The van der Waals surface area contributed by atoms with Gasteiger partial charge in [-0.1, -0.05) is 23.4 Å². The molecule has 1 aromatic carbocycles. The summed E-state index contributed by atoms with van der Waals surface area (Å²) in [5, 5.41) is 8.96. The van der Waals surface area contributed by atoms with Gasteiger partial charge in [-0.05, 0) is 25.1 Å². The maximum absolute atomic E-state index is 5.99. The number of aromatic nitrogens is 3. The largest absolute Gasteiger partial charge is 0.494 e. The lowest BCUT2D eigenvalue weighted by Gasteiger charge is -2.10. The molecule has 5 nitrogen and oxygen atoms in total. The van der Waals surface area contributed by atoms with E-state index in [1.807, 2.05) is 25.1 Å². The fraction of sp³-hybridized carbons (Fsp3) is 0.273. The molecule has 7 heteroatoms. The molecule has 0 atom stereocenters. The standard InChI is InChI=1S/C11H13ClN4OS/c1-2-17-10-4-3-9(12)5-8(10)6-18-11-15-14-7-16(11)13/h3-5,7H,2,6,13H2,1H3. The van der Waals surface area contributed by atoms with E-state index in [1.165, 1.54) is 22.8 Å². The van der Waals surface area contributed by atoms with Gasteiger partial charge in [0.1, 0.15) is 12.1 Å². The average Bonchev–Trinajstić information content (AvgIpc) is 2.75. The number of halogens is 1. The van der Waals surface area contributed by atoms with Crippen molar-refractivity contribution in [2.24, 2.45) is 0 Å². The van der Waals surface area contributed by atoms with Crippen molar-refractivity contribution in [3.63, 3.8) is 0 Å². The third-order valence-corrected chi connectivity index (χ3v) is 3.46. The van der Waals surface area contributed by atoms with E-state index in [-0.39, 0.29) is 0 Å². The molecule has 0 aliphatic rings. The lowest BCUT2D eigenvalue weighted by molar-refractivity contribution is 0.337. The molecule has 0 unspecified atom stereocenters. The first-order valence-electron chi connectivity index (χ1n) is 5.40. The summed E-state index contributed by atoms with van der Waals surface area (Å²) in [4.78, 5) is 0. The molecule has 0 aliphatic carbocycles. The predicted molar refractivity (Wildman–Crippen MR) is 72.4 cm³/mol. The van der Waals surface area contributed by atoms with E-state index >= 15 is 0 Å². The number of rotatable bonds is 5. The van der Waals surface area contributed by atoms with Gasteiger partial charge in [-0.3, -0.25) is 0 Å². The summed E-state index contributed by atoms with van der Waals surface area (Å²) in [7, 11) is 0. The molecule has 0 amide bonds. The minimum Gasteiger partial charge on any atom is -0.494 e. The zero-order valence-corrected chi connectivity index (χ0v) is 11.4. The van der Waals surface area contributed by atoms with Crippen LogP contribution in [0.3, 0.4) is 0 Å². The van der Waals surface area contributed by atoms with Crippen molar-refractivity contribution < 1.29 is 4.74 Å². The number of ether oxygens (including phenoxy) is 1. The molecule has 18 heavy (non-hydrogen) atoms. The summed E-state index contributed by atoms with van der Waals surface area (Å²) in [6, 6.07) is 5.57. The first-order chi connectivity index (χ1) is 8.70. The van der Waals surface area contributed by atoms with Crippen LogP contribution in [0.1, 0.15) is 12.5 Å². The molecule has 0 radical (unpaired) electrons. The SMILES string of the molecule is CCOc1ccc(Cl)cc1CSc1nncn1N. The van der Waals surface area contributed by atoms with Crippen LogP contribution in [0, 0.1) is 0 Å². The number of hydrogen-bond acceptors (Lipinski definition) is 5. The quantitative estimate of drug-likeness (QED) is 0.674. The predicted octanol–water partition coefficient (Wildman–Crippen LogP) is 2.34. The minimum atomic E-state index is 0.617. The zero-order chi connectivity index (χ0) is 13.0. The number of benzene rings is 1. The van der Waals surface area contributed by atoms with Crippen molar-refractivity contribution in [3.05, 3.63) is 35.1 Å². The molecular weight excluding hydrogens is 272 g/mol. The summed E-state index contributed by atoms with van der Waals surface area (Å²) in [6.45, 7) is 2.56. The van der Waals surface area contributed by atoms with Crippen LogP contribution in [0.15, 0.2) is 29.7 Å². The van der Waals surface area contributed by atoms with Gasteiger partial charge in [0.15, 0.2) is 0 Å². The summed E-state index contributed by atoms with van der Waals surface area (Å²) in [5.41, 5.74) is 1.01. The van der Waals surface area contributed by atoms with E-state index in [2.05, 4.69) is 10.2 Å². The molecule has 0 bridgehead atoms. The van der Waals surface area contributed by atoms with E-state index < -0.39 is 0 Å². The van der Waals surface area contributed by atoms with Crippen LogP contribution in [0.4, 0.5) is 0 Å². The second kappa shape index (κ2) is 5.97. The molecule has 1 heterocycles. The number of hydrogen-bond donors (Lipinski definition) is 1. The van der Waals surface area contributed by atoms with Gasteiger partial charge in [0.2, 0.25) is 5.16 Å². The third kappa shape index (κ3) is 3.08. The molecule has 2 aromatic rings. The first kappa shape index (κ1) is 13.0. The van der Waals surface area contributed by atoms with Gasteiger partial charge in [-0.25, -0.2) is 4.68 Å². The average molecular weight is 285 g/mol. The Labute approximate surface area is 114 Å². The van der Waals surface area contributed by atoms with Gasteiger partial charge in [0, 0.05) is 16.3 Å². The molecule has 0 saturated heterocycles. The molecule has 0 aliphatic heterocycles. The lowest BCUT2D eigenvalue weighted by Crippen LogP contribution is -2.07. The monoisotopic (exact) mass is 284 g/mol. The maximum Gasteiger partial charge on any atom is 0.209 e. The Morgan fingerprint density at radius 2 is 2.33 bits per heavy atom. The van der Waals surface area contributed by atoms with Crippen LogP contribution in [-0.2, 0) is 5.75 Å². The third-order valence-electron chi connectivity index (χ3n) is 2.22. The first-order valence-corrected chi connectivity index (χ1v) is 6.76. The van der Waals surface area contributed by atoms with E-state index in [0.717, 1.165) is 11.3 Å². The Hall–Kier alpha value is -1.40. The van der Waals surface area contributed by atoms with Crippen molar-refractivity contribution >= 4 is 23.4 Å². The number of thioether (sulfide) groups is 1. The van der Waals surface area contributed by atoms with Gasteiger partial charge in [0.05, 0.1) is 6.61 Å². The molecule has 2 N–H and O–H groups in total. The summed E-state index contributed by atoms with van der Waals surface area (Å²) >= 11 is 7.47. The Bertz CT molecular complexity index is 532. The number of nitrogen functional groups attached to an aromatic ring is 1. The van der Waals surface area contributed by atoms with Crippen molar-refractivity contribution in [2.45, 2.75) is 17.8 Å². The Morgan fingerprint density at radius 1 is 1.50 bits per heavy atom. The highest BCUT2D eigenvalue weighted by Crippen LogP contribution is 2.29. The van der Waals surface area contributed by atoms with Crippen LogP contribution in [0.5, 0.6) is 5.75 Å². The highest BCUT2D eigenvalue weighted by atomic mass is 35.5. The van der Waals surface area contributed by atoms with Gasteiger partial charge >= 0.3 is 0 Å². The van der Waals surface area contributed by atoms with E-state index in [1.54, 1.807) is 0 Å². The highest BCUT2D eigenvalue weighted by Gasteiger charge is 2.08. The maximum atomic E-state index is 5.99. The molecular formula is C11H13ClN4OS. The molecule has 0 saturated carbocycles. The summed E-state index contributed by atoms with van der Waals surface area (Å²) in [5.74, 6) is 7.15. The fourth-order valence-electron chi connectivity index (χ4n) is 1.43. The zero-order valence-electron chi connectivity index (χ0n) is 9.84. The molecule has 0 spiro atoms. The number of nitrogens with zero attached hydrogens (tertiary/aromatic N) is 3.